The quantitative estimate of drug-likeness (QED) is 0.489. The highest BCUT2D eigenvalue weighted by atomic mass is 35.5. The van der Waals surface area contributed by atoms with Crippen LogP contribution in [0.5, 0.6) is 0 Å². The predicted molar refractivity (Wildman–Crippen MR) is 72.5 cm³/mol. The summed E-state index contributed by atoms with van der Waals surface area (Å²) in [6, 6.07) is 0. The fourth-order valence-electron chi connectivity index (χ4n) is 2.13. The second-order valence-electron chi connectivity index (χ2n) is 4.87. The van der Waals surface area contributed by atoms with Crippen LogP contribution in [0.1, 0.15) is 11.9 Å². The molecule has 1 saturated heterocycles. The van der Waals surface area contributed by atoms with Crippen molar-refractivity contribution in [2.24, 2.45) is 11.0 Å². The van der Waals surface area contributed by atoms with Crippen LogP contribution in [0.3, 0.4) is 0 Å². The van der Waals surface area contributed by atoms with Crippen molar-refractivity contribution in [1.82, 2.24) is 9.36 Å². The molecule has 8 nitrogen and oxygen atoms in total. The lowest BCUT2D eigenvalue weighted by Gasteiger charge is -2.44. The van der Waals surface area contributed by atoms with Crippen LogP contribution >= 0.6 is 23.1 Å². The van der Waals surface area contributed by atoms with Gasteiger partial charge in [0.05, 0.1) is 24.9 Å². The Labute approximate surface area is 124 Å². The van der Waals surface area contributed by atoms with Gasteiger partial charge in [0.2, 0.25) is 5.28 Å². The standard InChI is InChI=1S/C10H14ClN5O3S/c1-10(4-13-16-12)8(18)7(17)5(3-19-10)2-6-14-9(11)15-20-6/h5,7-8,17-18H,2-4H2,1H3/t5?,7-,8-,10-/m1/s1. The molecule has 10 heteroatoms. The Kier molecular flexibility index (Phi) is 4.79. The Morgan fingerprint density at radius 3 is 3.00 bits per heavy atom. The maximum Gasteiger partial charge on any atom is 0.234 e. The van der Waals surface area contributed by atoms with Gasteiger partial charge in [0.25, 0.3) is 0 Å². The van der Waals surface area contributed by atoms with Gasteiger partial charge in [-0.05, 0) is 35.6 Å². The first kappa shape index (κ1) is 15.4. The lowest BCUT2D eigenvalue weighted by atomic mass is 9.83. The van der Waals surface area contributed by atoms with Crippen molar-refractivity contribution in [3.05, 3.63) is 20.7 Å². The van der Waals surface area contributed by atoms with Crippen molar-refractivity contribution >= 4 is 23.1 Å². The summed E-state index contributed by atoms with van der Waals surface area (Å²) in [7, 11) is 0. The van der Waals surface area contributed by atoms with Gasteiger partial charge in [-0.2, -0.15) is 4.37 Å². The van der Waals surface area contributed by atoms with Gasteiger partial charge in [0.15, 0.2) is 0 Å². The number of aromatic nitrogens is 2. The van der Waals surface area contributed by atoms with Crippen LogP contribution in [-0.2, 0) is 11.2 Å². The van der Waals surface area contributed by atoms with Gasteiger partial charge < -0.3 is 14.9 Å². The number of rotatable bonds is 4. The largest absolute Gasteiger partial charge is 0.390 e. The van der Waals surface area contributed by atoms with Gasteiger partial charge in [-0.15, -0.1) is 0 Å². The van der Waals surface area contributed by atoms with Gasteiger partial charge >= 0.3 is 0 Å². The summed E-state index contributed by atoms with van der Waals surface area (Å²) < 4.78 is 9.44. The van der Waals surface area contributed by atoms with Gasteiger partial charge in [-0.25, -0.2) is 4.98 Å². The monoisotopic (exact) mass is 319 g/mol. The van der Waals surface area contributed by atoms with Crippen LogP contribution in [-0.4, -0.2) is 50.5 Å². The van der Waals surface area contributed by atoms with E-state index in [1.807, 2.05) is 0 Å². The lowest BCUT2D eigenvalue weighted by molar-refractivity contribution is -0.208. The average molecular weight is 320 g/mol. The van der Waals surface area contributed by atoms with E-state index in [4.69, 9.17) is 21.9 Å². The Hall–Kier alpha value is -0.960. The predicted octanol–water partition coefficient (Wildman–Crippen LogP) is 1.17. The molecule has 2 heterocycles. The number of aliphatic hydroxyl groups excluding tert-OH is 2. The molecular formula is C10H14ClN5O3S. The number of ether oxygens (including phenoxy) is 1. The summed E-state index contributed by atoms with van der Waals surface area (Å²) in [4.78, 5) is 6.65. The van der Waals surface area contributed by atoms with Crippen LogP contribution in [0.15, 0.2) is 5.11 Å². The second-order valence-corrected chi connectivity index (χ2v) is 6.04. The van der Waals surface area contributed by atoms with E-state index in [9.17, 15) is 10.2 Å². The molecule has 0 amide bonds. The molecule has 2 N–H and O–H groups in total. The minimum absolute atomic E-state index is 0.0426. The van der Waals surface area contributed by atoms with Crippen molar-refractivity contribution in [1.29, 1.82) is 0 Å². The van der Waals surface area contributed by atoms with E-state index >= 15 is 0 Å². The Morgan fingerprint density at radius 1 is 1.65 bits per heavy atom. The first-order chi connectivity index (χ1) is 9.46. The molecule has 4 atom stereocenters. The van der Waals surface area contributed by atoms with Crippen molar-refractivity contribution in [3.63, 3.8) is 0 Å². The summed E-state index contributed by atoms with van der Waals surface area (Å²) in [6.45, 7) is 1.79. The fraction of sp³-hybridized carbons (Fsp3) is 0.800. The summed E-state index contributed by atoms with van der Waals surface area (Å²) in [6.07, 6.45) is -1.72. The maximum absolute atomic E-state index is 10.2. The Bertz CT molecular complexity index is 523. The molecular weight excluding hydrogens is 306 g/mol. The highest BCUT2D eigenvalue weighted by molar-refractivity contribution is 7.05. The van der Waals surface area contributed by atoms with Crippen molar-refractivity contribution < 1.29 is 14.9 Å². The molecule has 1 fully saturated rings. The Balaban J connectivity index is 2.04. The van der Waals surface area contributed by atoms with E-state index in [0.717, 1.165) is 11.5 Å². The number of hydrogen-bond donors (Lipinski definition) is 2. The van der Waals surface area contributed by atoms with Gasteiger partial charge in [0, 0.05) is 17.3 Å². The molecule has 0 spiro atoms. The molecule has 0 saturated carbocycles. The van der Waals surface area contributed by atoms with Crippen LogP contribution in [0.4, 0.5) is 0 Å². The zero-order chi connectivity index (χ0) is 14.8. The van der Waals surface area contributed by atoms with Crippen LogP contribution < -0.4 is 0 Å². The molecule has 110 valence electrons. The topological polar surface area (TPSA) is 124 Å². The third-order valence-corrected chi connectivity index (χ3v) is 4.39. The van der Waals surface area contributed by atoms with Crippen LogP contribution in [0, 0.1) is 5.92 Å². The van der Waals surface area contributed by atoms with E-state index in [0.29, 0.717) is 11.4 Å². The number of aliphatic hydroxyl groups is 2. The van der Waals surface area contributed by atoms with E-state index in [1.54, 1.807) is 6.92 Å². The maximum atomic E-state index is 10.2. The molecule has 2 rings (SSSR count). The molecule has 1 aliphatic rings. The van der Waals surface area contributed by atoms with E-state index in [1.165, 1.54) is 0 Å². The van der Waals surface area contributed by atoms with Crippen LogP contribution in [0.25, 0.3) is 10.4 Å². The SMILES string of the molecule is C[C@]1(CN=[N+]=[N-])OCC(Cc2nc(Cl)ns2)[C@@H](O)[C@H]1O. The lowest BCUT2D eigenvalue weighted by Crippen LogP contribution is -2.59. The fourth-order valence-corrected chi connectivity index (χ4v) is 3.03. The number of nitrogens with zero attached hydrogens (tertiary/aromatic N) is 5. The molecule has 1 aliphatic heterocycles. The summed E-state index contributed by atoms with van der Waals surface area (Å²) in [5.74, 6) is -0.312. The van der Waals surface area contributed by atoms with E-state index in [-0.39, 0.29) is 24.4 Å². The molecule has 20 heavy (non-hydrogen) atoms. The van der Waals surface area contributed by atoms with Crippen molar-refractivity contribution in [2.45, 2.75) is 31.2 Å². The normalized spacial score (nSPS) is 33.7. The van der Waals surface area contributed by atoms with E-state index < -0.39 is 17.8 Å². The zero-order valence-electron chi connectivity index (χ0n) is 10.7. The van der Waals surface area contributed by atoms with Gasteiger partial charge in [-0.1, -0.05) is 5.11 Å². The molecule has 0 aromatic carbocycles. The Morgan fingerprint density at radius 2 is 2.40 bits per heavy atom. The van der Waals surface area contributed by atoms with Crippen molar-refractivity contribution in [3.8, 4) is 0 Å². The van der Waals surface area contributed by atoms with E-state index in [2.05, 4.69) is 19.4 Å². The van der Waals surface area contributed by atoms with Crippen molar-refractivity contribution in [2.75, 3.05) is 13.2 Å². The third-order valence-electron chi connectivity index (χ3n) is 3.39. The van der Waals surface area contributed by atoms with Gasteiger partial charge in [-0.3, -0.25) is 0 Å². The van der Waals surface area contributed by atoms with Crippen LogP contribution in [0.2, 0.25) is 5.28 Å². The summed E-state index contributed by atoms with van der Waals surface area (Å²) in [5, 5.41) is 24.6. The second kappa shape index (κ2) is 6.21. The smallest absolute Gasteiger partial charge is 0.234 e. The zero-order valence-corrected chi connectivity index (χ0v) is 12.3. The molecule has 0 aliphatic carbocycles. The number of halogens is 1. The molecule has 1 aromatic rings. The van der Waals surface area contributed by atoms with Gasteiger partial charge in [0.1, 0.15) is 11.1 Å². The number of hydrogen-bond acceptors (Lipinski definition) is 7. The molecule has 1 aromatic heterocycles. The molecule has 0 bridgehead atoms. The molecule has 0 radical (unpaired) electrons. The first-order valence-electron chi connectivity index (χ1n) is 5.95. The molecule has 1 unspecified atom stereocenters. The third kappa shape index (κ3) is 3.20. The minimum atomic E-state index is -1.14. The first-order valence-corrected chi connectivity index (χ1v) is 7.10. The average Bonchev–Trinajstić information content (AvgIpc) is 2.83. The minimum Gasteiger partial charge on any atom is -0.390 e. The number of azide groups is 1. The highest BCUT2D eigenvalue weighted by Crippen LogP contribution is 2.31. The summed E-state index contributed by atoms with van der Waals surface area (Å²) in [5.41, 5.74) is 7.26. The highest BCUT2D eigenvalue weighted by Gasteiger charge is 2.46. The summed E-state index contributed by atoms with van der Waals surface area (Å²) >= 11 is 6.80.